The van der Waals surface area contributed by atoms with E-state index >= 15 is 0 Å². The van der Waals surface area contributed by atoms with Gasteiger partial charge in [0.15, 0.2) is 0 Å². The molecule has 0 unspecified atom stereocenters. The monoisotopic (exact) mass is 507 g/mol. The fraction of sp³-hybridized carbons (Fsp3) is 0.217. The zero-order valence-electron chi connectivity index (χ0n) is 17.9. The highest BCUT2D eigenvalue weighted by Gasteiger charge is 2.51. The number of amides is 2. The predicted molar refractivity (Wildman–Crippen MR) is 119 cm³/mol. The summed E-state index contributed by atoms with van der Waals surface area (Å²) < 4.78 is 53.0. The van der Waals surface area contributed by atoms with Gasteiger partial charge in [0.2, 0.25) is 11.9 Å². The number of pyridine rings is 2. The summed E-state index contributed by atoms with van der Waals surface area (Å²) in [5.74, 6) is -1.81. The molecule has 4 rings (SSSR count). The third-order valence-corrected chi connectivity index (χ3v) is 5.58. The van der Waals surface area contributed by atoms with Gasteiger partial charge in [0.05, 0.1) is 35.4 Å². The first-order chi connectivity index (χ1) is 16.6. The van der Waals surface area contributed by atoms with Gasteiger partial charge in [-0.05, 0) is 49.2 Å². The minimum absolute atomic E-state index is 0.0371. The van der Waals surface area contributed by atoms with Crippen LogP contribution in [0.25, 0.3) is 0 Å². The van der Waals surface area contributed by atoms with Crippen molar-refractivity contribution in [1.82, 2.24) is 20.6 Å². The summed E-state index contributed by atoms with van der Waals surface area (Å²) in [6.45, 7) is 0.0371. The number of anilines is 2. The Morgan fingerprint density at radius 2 is 1.83 bits per heavy atom. The normalized spacial score (nSPS) is 14.2. The molecule has 35 heavy (non-hydrogen) atoms. The molecule has 2 amide bonds. The molecule has 1 aliphatic carbocycles. The summed E-state index contributed by atoms with van der Waals surface area (Å²) in [6.07, 6.45) is -1.24. The van der Waals surface area contributed by atoms with Gasteiger partial charge in [-0.25, -0.2) is 4.98 Å². The fourth-order valence-corrected chi connectivity index (χ4v) is 3.50. The maximum atomic E-state index is 13.3. The molecule has 3 aromatic rings. The molecule has 182 valence electrons. The second-order valence-electron chi connectivity index (χ2n) is 7.94. The lowest BCUT2D eigenvalue weighted by Crippen LogP contribution is -2.48. The van der Waals surface area contributed by atoms with Crippen LogP contribution in [0.2, 0.25) is 5.02 Å². The Morgan fingerprint density at radius 1 is 1.06 bits per heavy atom. The van der Waals surface area contributed by atoms with Crippen molar-refractivity contribution in [2.24, 2.45) is 0 Å². The second-order valence-corrected chi connectivity index (χ2v) is 8.37. The molecule has 1 fully saturated rings. The van der Waals surface area contributed by atoms with Crippen molar-refractivity contribution in [3.05, 3.63) is 82.6 Å². The number of carbonyl (C=O) groups is 2. The molecular weight excluding hydrogens is 490 g/mol. The van der Waals surface area contributed by atoms with E-state index in [0.717, 1.165) is 18.3 Å². The molecule has 1 aromatic carbocycles. The zero-order chi connectivity index (χ0) is 25.2. The van der Waals surface area contributed by atoms with Gasteiger partial charge >= 0.3 is 6.18 Å². The highest BCUT2D eigenvalue weighted by molar-refractivity contribution is 6.30. The lowest BCUT2D eigenvalue weighted by molar-refractivity contribution is -0.137. The van der Waals surface area contributed by atoms with Crippen molar-refractivity contribution >= 4 is 34.8 Å². The van der Waals surface area contributed by atoms with Gasteiger partial charge in [0, 0.05) is 22.8 Å². The Morgan fingerprint density at radius 3 is 2.46 bits per heavy atom. The van der Waals surface area contributed by atoms with E-state index in [1.54, 1.807) is 6.07 Å². The maximum Gasteiger partial charge on any atom is 0.418 e. The number of halogens is 5. The third-order valence-electron chi connectivity index (χ3n) is 5.35. The number of nitrogens with zero attached hydrogens (tertiary/aromatic N) is 2. The van der Waals surface area contributed by atoms with E-state index in [0.29, 0.717) is 24.2 Å². The van der Waals surface area contributed by atoms with Crippen LogP contribution in [0.15, 0.2) is 54.9 Å². The molecule has 0 saturated heterocycles. The largest absolute Gasteiger partial charge is 0.418 e. The van der Waals surface area contributed by atoms with E-state index in [2.05, 4.69) is 25.9 Å². The Bertz CT molecular complexity index is 1260. The maximum absolute atomic E-state index is 13.3. The number of benzene rings is 1. The highest BCUT2D eigenvalue weighted by Crippen LogP contribution is 2.38. The van der Waals surface area contributed by atoms with Crippen LogP contribution < -0.4 is 16.0 Å². The van der Waals surface area contributed by atoms with Crippen molar-refractivity contribution in [3.8, 4) is 0 Å². The minimum Gasteiger partial charge on any atom is -0.354 e. The molecular formula is C23H18ClF4N5O2. The van der Waals surface area contributed by atoms with Crippen LogP contribution in [-0.4, -0.2) is 27.3 Å². The smallest absolute Gasteiger partial charge is 0.354 e. The van der Waals surface area contributed by atoms with Crippen molar-refractivity contribution in [1.29, 1.82) is 0 Å². The molecule has 0 bridgehead atoms. The third kappa shape index (κ3) is 5.86. The number of rotatable bonds is 7. The zero-order valence-corrected chi connectivity index (χ0v) is 18.7. The van der Waals surface area contributed by atoms with E-state index in [9.17, 15) is 27.2 Å². The Labute approximate surface area is 201 Å². The predicted octanol–water partition coefficient (Wildman–Crippen LogP) is 4.61. The van der Waals surface area contributed by atoms with Gasteiger partial charge in [-0.1, -0.05) is 11.6 Å². The summed E-state index contributed by atoms with van der Waals surface area (Å²) >= 11 is 5.69. The number of aromatic nitrogens is 2. The molecule has 2 heterocycles. The summed E-state index contributed by atoms with van der Waals surface area (Å²) in [5, 5.41) is 7.94. The van der Waals surface area contributed by atoms with Gasteiger partial charge in [0.25, 0.3) is 5.91 Å². The molecule has 0 aliphatic heterocycles. The van der Waals surface area contributed by atoms with Crippen LogP contribution in [0.3, 0.4) is 0 Å². The molecule has 1 aliphatic rings. The van der Waals surface area contributed by atoms with E-state index in [1.807, 2.05) is 0 Å². The summed E-state index contributed by atoms with van der Waals surface area (Å²) in [5.41, 5.74) is -1.35. The first-order valence-corrected chi connectivity index (χ1v) is 10.7. The standard InChI is InChI=1S/C23H18ClF4N5O2/c24-14-1-4-18(17(10-14)23(26,27)28)32-16-3-2-15(30-12-16)11-31-21(35)22(6-7-22)33-20(34)13-5-8-29-19(25)9-13/h1-5,8-10,12,32H,6-7,11H2,(H,31,35)(H,33,34). The van der Waals surface area contributed by atoms with Gasteiger partial charge in [0.1, 0.15) is 5.54 Å². The second kappa shape index (κ2) is 9.49. The van der Waals surface area contributed by atoms with Crippen LogP contribution in [0.4, 0.5) is 28.9 Å². The van der Waals surface area contributed by atoms with Crippen molar-refractivity contribution < 1.29 is 27.2 Å². The van der Waals surface area contributed by atoms with Gasteiger partial charge in [-0.2, -0.15) is 17.6 Å². The number of alkyl halides is 3. The quantitative estimate of drug-likeness (QED) is 0.320. The summed E-state index contributed by atoms with van der Waals surface area (Å²) in [7, 11) is 0. The fourth-order valence-electron chi connectivity index (χ4n) is 3.33. The van der Waals surface area contributed by atoms with E-state index in [1.165, 1.54) is 30.5 Å². The van der Waals surface area contributed by atoms with Crippen LogP contribution in [0.5, 0.6) is 0 Å². The average molecular weight is 508 g/mol. The number of carbonyl (C=O) groups excluding carboxylic acids is 2. The van der Waals surface area contributed by atoms with Crippen LogP contribution in [-0.2, 0) is 17.5 Å². The first kappa shape index (κ1) is 24.4. The van der Waals surface area contributed by atoms with E-state index < -0.39 is 35.0 Å². The molecule has 0 atom stereocenters. The van der Waals surface area contributed by atoms with Crippen LogP contribution >= 0.6 is 11.6 Å². The minimum atomic E-state index is -4.59. The van der Waals surface area contributed by atoms with Gasteiger partial charge in [-0.15, -0.1) is 0 Å². The molecule has 1 saturated carbocycles. The van der Waals surface area contributed by atoms with E-state index in [4.69, 9.17) is 11.6 Å². The Hall–Kier alpha value is -3.73. The molecule has 0 spiro atoms. The SMILES string of the molecule is O=C(NC1(C(=O)NCc2ccc(Nc3ccc(Cl)cc3C(F)(F)F)cn2)CC1)c1ccnc(F)c1. The molecule has 7 nitrogen and oxygen atoms in total. The van der Waals surface area contributed by atoms with Gasteiger partial charge < -0.3 is 16.0 Å². The summed E-state index contributed by atoms with van der Waals surface area (Å²) in [6, 6.07) is 8.79. The topological polar surface area (TPSA) is 96.0 Å². The molecule has 12 heteroatoms. The number of hydrogen-bond acceptors (Lipinski definition) is 5. The molecule has 3 N–H and O–H groups in total. The molecule has 0 radical (unpaired) electrons. The first-order valence-electron chi connectivity index (χ1n) is 10.4. The number of hydrogen-bond donors (Lipinski definition) is 3. The van der Waals surface area contributed by atoms with E-state index in [-0.39, 0.29) is 22.8 Å². The van der Waals surface area contributed by atoms with Crippen molar-refractivity contribution in [2.45, 2.75) is 31.1 Å². The molecule has 2 aromatic heterocycles. The van der Waals surface area contributed by atoms with Crippen molar-refractivity contribution in [2.75, 3.05) is 5.32 Å². The Kier molecular flexibility index (Phi) is 6.62. The number of nitrogens with one attached hydrogen (secondary N) is 3. The average Bonchev–Trinajstić information content (AvgIpc) is 3.59. The highest BCUT2D eigenvalue weighted by atomic mass is 35.5. The lowest BCUT2D eigenvalue weighted by Gasteiger charge is -2.17. The van der Waals surface area contributed by atoms with Crippen LogP contribution in [0, 0.1) is 5.95 Å². The van der Waals surface area contributed by atoms with Crippen molar-refractivity contribution in [3.63, 3.8) is 0 Å². The van der Waals surface area contributed by atoms with Gasteiger partial charge in [-0.3, -0.25) is 14.6 Å². The van der Waals surface area contributed by atoms with Crippen LogP contribution in [0.1, 0.15) is 34.5 Å². The summed E-state index contributed by atoms with van der Waals surface area (Å²) in [4.78, 5) is 32.5. The Balaban J connectivity index is 1.35. The lowest BCUT2D eigenvalue weighted by atomic mass is 10.1.